The lowest BCUT2D eigenvalue weighted by Crippen LogP contribution is -2.43. The van der Waals surface area contributed by atoms with Crippen LogP contribution in [0.25, 0.3) is 0 Å². The fourth-order valence-corrected chi connectivity index (χ4v) is 3.80. The Morgan fingerprint density at radius 3 is 2.50 bits per heavy atom. The Hall–Kier alpha value is -0.860. The van der Waals surface area contributed by atoms with Crippen molar-refractivity contribution in [3.8, 4) is 0 Å². The number of hydrogen-bond donors (Lipinski definition) is 2. The Morgan fingerprint density at radius 1 is 1.19 bits per heavy atom. The molecule has 1 unspecified atom stereocenters. The first-order valence-corrected chi connectivity index (χ1v) is 9.67. The van der Waals surface area contributed by atoms with E-state index in [1.165, 1.54) is 43.2 Å². The molecule has 146 valence electrons. The van der Waals surface area contributed by atoms with Crippen LogP contribution in [0, 0.1) is 6.92 Å². The van der Waals surface area contributed by atoms with Crippen molar-refractivity contribution in [1.29, 1.82) is 0 Å². The van der Waals surface area contributed by atoms with E-state index in [1.807, 2.05) is 0 Å². The summed E-state index contributed by atoms with van der Waals surface area (Å²) in [5.41, 5.74) is 8.77. The molecule has 1 aromatic rings. The molecule has 3 rings (SSSR count). The molecule has 1 saturated carbocycles. The van der Waals surface area contributed by atoms with Crippen LogP contribution in [0.5, 0.6) is 0 Å². The first kappa shape index (κ1) is 21.4. The number of morpholine rings is 1. The van der Waals surface area contributed by atoms with Crippen LogP contribution in [0.4, 0.5) is 0 Å². The minimum Gasteiger partial charge on any atom is -0.379 e. The van der Waals surface area contributed by atoms with Gasteiger partial charge in [-0.3, -0.25) is 9.89 Å². The van der Waals surface area contributed by atoms with Gasteiger partial charge in [-0.1, -0.05) is 49.1 Å². The van der Waals surface area contributed by atoms with Gasteiger partial charge in [-0.2, -0.15) is 0 Å². The van der Waals surface area contributed by atoms with Gasteiger partial charge in [0.1, 0.15) is 0 Å². The van der Waals surface area contributed by atoms with Crippen molar-refractivity contribution in [2.45, 2.75) is 51.1 Å². The lowest BCUT2D eigenvalue weighted by Gasteiger charge is -2.34. The molecule has 1 aliphatic heterocycles. The average molecular weight is 472 g/mol. The number of nitrogens with zero attached hydrogens (tertiary/aromatic N) is 2. The molecule has 1 saturated heterocycles. The molecule has 1 atom stereocenters. The number of nitrogens with one attached hydrogen (secondary N) is 1. The first-order chi connectivity index (χ1) is 12.2. The summed E-state index contributed by atoms with van der Waals surface area (Å²) in [6.45, 7) is 6.30. The fourth-order valence-electron chi connectivity index (χ4n) is 3.80. The predicted molar refractivity (Wildman–Crippen MR) is 118 cm³/mol. The van der Waals surface area contributed by atoms with Crippen molar-refractivity contribution >= 4 is 29.9 Å². The molecule has 0 amide bonds. The van der Waals surface area contributed by atoms with Crippen molar-refractivity contribution < 1.29 is 4.74 Å². The normalized spacial score (nSPS) is 21.0. The maximum absolute atomic E-state index is 6.18. The van der Waals surface area contributed by atoms with E-state index in [-0.39, 0.29) is 30.0 Å². The zero-order valence-corrected chi connectivity index (χ0v) is 18.2. The van der Waals surface area contributed by atoms with Crippen molar-refractivity contribution in [2.75, 3.05) is 32.8 Å². The molecule has 2 fully saturated rings. The van der Waals surface area contributed by atoms with E-state index < -0.39 is 0 Å². The van der Waals surface area contributed by atoms with Crippen LogP contribution in [-0.2, 0) is 4.74 Å². The fraction of sp³-hybridized carbons (Fsp3) is 0.650. The Kier molecular flexibility index (Phi) is 9.15. The van der Waals surface area contributed by atoms with E-state index in [2.05, 4.69) is 41.4 Å². The Balaban J connectivity index is 0.00000243. The molecule has 0 aromatic heterocycles. The standard InChI is InChI=1S/C20H32N4O.HI/c1-16-7-9-17(10-8-16)19(24-11-13-25-14-12-24)15-22-20(21)23-18-5-3-2-4-6-18;/h7-10,18-19H,2-6,11-15H2,1H3,(H3,21,22,23);1H. The van der Waals surface area contributed by atoms with Gasteiger partial charge >= 0.3 is 0 Å². The minimum absolute atomic E-state index is 0. The molecule has 3 N–H and O–H groups in total. The molecule has 5 nitrogen and oxygen atoms in total. The van der Waals surface area contributed by atoms with E-state index in [9.17, 15) is 0 Å². The predicted octanol–water partition coefficient (Wildman–Crippen LogP) is 3.22. The molecule has 2 aliphatic rings. The maximum atomic E-state index is 6.18. The largest absolute Gasteiger partial charge is 0.379 e. The number of rotatable bonds is 5. The zero-order chi connectivity index (χ0) is 17.5. The molecule has 26 heavy (non-hydrogen) atoms. The van der Waals surface area contributed by atoms with E-state index in [4.69, 9.17) is 15.5 Å². The van der Waals surface area contributed by atoms with Gasteiger partial charge in [-0.15, -0.1) is 24.0 Å². The maximum Gasteiger partial charge on any atom is 0.188 e. The summed E-state index contributed by atoms with van der Waals surface area (Å²) in [6, 6.07) is 9.55. The minimum atomic E-state index is 0. The summed E-state index contributed by atoms with van der Waals surface area (Å²) in [4.78, 5) is 7.16. The van der Waals surface area contributed by atoms with Crippen LogP contribution in [0.1, 0.15) is 49.3 Å². The molecule has 0 radical (unpaired) electrons. The van der Waals surface area contributed by atoms with Crippen LogP contribution in [-0.4, -0.2) is 49.7 Å². The summed E-state index contributed by atoms with van der Waals surface area (Å²) in [6.07, 6.45) is 6.36. The van der Waals surface area contributed by atoms with Gasteiger partial charge in [0.15, 0.2) is 5.96 Å². The highest BCUT2D eigenvalue weighted by molar-refractivity contribution is 14.0. The smallest absolute Gasteiger partial charge is 0.188 e. The van der Waals surface area contributed by atoms with Gasteiger partial charge in [-0.05, 0) is 25.3 Å². The van der Waals surface area contributed by atoms with E-state index >= 15 is 0 Å². The van der Waals surface area contributed by atoms with E-state index in [0.29, 0.717) is 18.5 Å². The molecular formula is C20H33IN4O. The second-order valence-electron chi connectivity index (χ2n) is 7.28. The third kappa shape index (κ3) is 6.39. The summed E-state index contributed by atoms with van der Waals surface area (Å²) in [5, 5.41) is 3.42. The lowest BCUT2D eigenvalue weighted by molar-refractivity contribution is 0.0180. The highest BCUT2D eigenvalue weighted by atomic mass is 127. The highest BCUT2D eigenvalue weighted by Gasteiger charge is 2.22. The lowest BCUT2D eigenvalue weighted by atomic mass is 9.96. The van der Waals surface area contributed by atoms with Crippen molar-refractivity contribution in [2.24, 2.45) is 10.7 Å². The monoisotopic (exact) mass is 472 g/mol. The van der Waals surface area contributed by atoms with Crippen LogP contribution in [0.15, 0.2) is 29.3 Å². The quantitative estimate of drug-likeness (QED) is 0.393. The van der Waals surface area contributed by atoms with Crippen LogP contribution in [0.2, 0.25) is 0 Å². The molecule has 1 aliphatic carbocycles. The third-order valence-corrected chi connectivity index (χ3v) is 5.34. The second-order valence-corrected chi connectivity index (χ2v) is 7.28. The zero-order valence-electron chi connectivity index (χ0n) is 15.8. The summed E-state index contributed by atoms with van der Waals surface area (Å²) in [7, 11) is 0. The van der Waals surface area contributed by atoms with Gasteiger partial charge in [-0.25, -0.2) is 0 Å². The summed E-state index contributed by atoms with van der Waals surface area (Å²) in [5.74, 6) is 0.595. The van der Waals surface area contributed by atoms with Gasteiger partial charge < -0.3 is 15.8 Å². The van der Waals surface area contributed by atoms with Crippen molar-refractivity contribution in [3.63, 3.8) is 0 Å². The Bertz CT molecular complexity index is 551. The van der Waals surface area contributed by atoms with E-state index in [0.717, 1.165) is 26.3 Å². The number of hydrogen-bond acceptors (Lipinski definition) is 3. The summed E-state index contributed by atoms with van der Waals surface area (Å²) < 4.78 is 5.52. The van der Waals surface area contributed by atoms with Crippen molar-refractivity contribution in [1.82, 2.24) is 10.2 Å². The number of halogens is 1. The highest BCUT2D eigenvalue weighted by Crippen LogP contribution is 2.23. The molecule has 0 bridgehead atoms. The Morgan fingerprint density at radius 2 is 1.85 bits per heavy atom. The number of ether oxygens (including phenoxy) is 1. The number of aryl methyl sites for hydroxylation is 1. The van der Waals surface area contributed by atoms with Gasteiger partial charge in [0.05, 0.1) is 25.8 Å². The van der Waals surface area contributed by atoms with Crippen LogP contribution < -0.4 is 11.1 Å². The molecule has 6 heteroatoms. The van der Waals surface area contributed by atoms with Gasteiger partial charge in [0, 0.05) is 19.1 Å². The van der Waals surface area contributed by atoms with Gasteiger partial charge in [0.2, 0.25) is 0 Å². The SMILES string of the molecule is Cc1ccc(C(CN=C(N)NC2CCCCC2)N2CCOCC2)cc1.I. The number of guanidine groups is 1. The van der Waals surface area contributed by atoms with Crippen molar-refractivity contribution in [3.05, 3.63) is 35.4 Å². The summed E-state index contributed by atoms with van der Waals surface area (Å²) >= 11 is 0. The average Bonchev–Trinajstić information content (AvgIpc) is 2.65. The third-order valence-electron chi connectivity index (χ3n) is 5.34. The molecule has 1 aromatic carbocycles. The number of benzene rings is 1. The molecule has 1 heterocycles. The number of aliphatic imine (C=N–C) groups is 1. The van der Waals surface area contributed by atoms with E-state index in [1.54, 1.807) is 0 Å². The second kappa shape index (κ2) is 11.1. The van der Waals surface area contributed by atoms with Crippen LogP contribution in [0.3, 0.4) is 0 Å². The van der Waals surface area contributed by atoms with Gasteiger partial charge in [0.25, 0.3) is 0 Å². The topological polar surface area (TPSA) is 62.9 Å². The Labute approximate surface area is 174 Å². The molecular weight excluding hydrogens is 439 g/mol. The first-order valence-electron chi connectivity index (χ1n) is 9.67. The molecule has 0 spiro atoms. The van der Waals surface area contributed by atoms with Crippen LogP contribution >= 0.6 is 24.0 Å². The number of nitrogens with two attached hydrogens (primary N) is 1.